The number of aromatic nitrogens is 1. The van der Waals surface area contributed by atoms with Gasteiger partial charge in [-0.2, -0.15) is 0 Å². The number of benzene rings is 1. The summed E-state index contributed by atoms with van der Waals surface area (Å²) in [6.07, 6.45) is 5.00. The minimum absolute atomic E-state index is 0.137. The molecule has 2 unspecified atom stereocenters. The Morgan fingerprint density at radius 2 is 2.26 bits per heavy atom. The molecule has 5 nitrogen and oxygen atoms in total. The van der Waals surface area contributed by atoms with Crippen molar-refractivity contribution in [1.82, 2.24) is 9.88 Å². The molecule has 0 amide bonds. The molecule has 1 aliphatic heterocycles. The third-order valence-electron chi connectivity index (χ3n) is 6.52. The van der Waals surface area contributed by atoms with Crippen LogP contribution in [0.4, 0.5) is 4.39 Å². The smallest absolute Gasteiger partial charge is 0.308 e. The standard InChI is InChI=1S/C25H28ClFN2O3S2/c1-32-17-5-6-23-19(13-17)18(21(26)14-28-23)4-2-3-16-7-9-29(15-20(16)24(30)31)10-12-34-25-22(27)8-11-33-25/h5-6,8,11,13-14,16,20H,2-4,7,9-10,12,15H2,1H3,(H,30,31). The van der Waals surface area contributed by atoms with E-state index in [0.717, 1.165) is 66.7 Å². The first-order valence-electron chi connectivity index (χ1n) is 11.4. The minimum Gasteiger partial charge on any atom is -0.497 e. The molecule has 0 saturated carbocycles. The lowest BCUT2D eigenvalue weighted by molar-refractivity contribution is -0.146. The molecule has 3 aromatic rings. The molecule has 1 saturated heterocycles. The highest BCUT2D eigenvalue weighted by atomic mass is 35.5. The Balaban J connectivity index is 1.33. The number of carbonyl (C=O) groups is 1. The first-order chi connectivity index (χ1) is 16.5. The van der Waals surface area contributed by atoms with Crippen LogP contribution in [0.25, 0.3) is 10.9 Å². The Morgan fingerprint density at radius 3 is 3.00 bits per heavy atom. The van der Waals surface area contributed by atoms with E-state index in [1.54, 1.807) is 18.7 Å². The Hall–Kier alpha value is -1.87. The highest BCUT2D eigenvalue weighted by Gasteiger charge is 2.33. The molecule has 1 aromatic carbocycles. The second-order valence-corrected chi connectivity index (χ2v) is 11.2. The van der Waals surface area contributed by atoms with Gasteiger partial charge in [0.25, 0.3) is 0 Å². The number of fused-ring (bicyclic) bond motifs is 1. The molecule has 2 aromatic heterocycles. The lowest BCUT2D eigenvalue weighted by Crippen LogP contribution is -2.44. The molecule has 182 valence electrons. The van der Waals surface area contributed by atoms with Gasteiger partial charge in [-0.25, -0.2) is 4.39 Å². The van der Waals surface area contributed by atoms with E-state index in [-0.39, 0.29) is 17.7 Å². The minimum atomic E-state index is -0.733. The Morgan fingerprint density at radius 1 is 1.41 bits per heavy atom. The van der Waals surface area contributed by atoms with Crippen LogP contribution in [0.1, 0.15) is 24.8 Å². The van der Waals surface area contributed by atoms with Crippen LogP contribution in [0.2, 0.25) is 5.02 Å². The van der Waals surface area contributed by atoms with E-state index in [1.807, 2.05) is 18.2 Å². The van der Waals surface area contributed by atoms with E-state index >= 15 is 0 Å². The normalized spacial score (nSPS) is 18.9. The van der Waals surface area contributed by atoms with Gasteiger partial charge in [0.05, 0.1) is 27.8 Å². The molecule has 0 aliphatic carbocycles. The number of likely N-dealkylation sites (tertiary alicyclic amines) is 1. The summed E-state index contributed by atoms with van der Waals surface area (Å²) in [7, 11) is 1.64. The number of aryl methyl sites for hydroxylation is 1. The van der Waals surface area contributed by atoms with Crippen LogP contribution in [0, 0.1) is 17.7 Å². The molecule has 9 heteroatoms. The third kappa shape index (κ3) is 6.03. The number of pyridine rings is 1. The second kappa shape index (κ2) is 11.7. The van der Waals surface area contributed by atoms with Crippen molar-refractivity contribution in [3.8, 4) is 5.75 Å². The van der Waals surface area contributed by atoms with E-state index < -0.39 is 5.97 Å². The van der Waals surface area contributed by atoms with Crippen molar-refractivity contribution in [2.24, 2.45) is 11.8 Å². The zero-order chi connectivity index (χ0) is 24.1. The van der Waals surface area contributed by atoms with Gasteiger partial charge >= 0.3 is 5.97 Å². The van der Waals surface area contributed by atoms with Gasteiger partial charge in [0.2, 0.25) is 0 Å². The fraction of sp³-hybridized carbons (Fsp3) is 0.440. The summed E-state index contributed by atoms with van der Waals surface area (Å²) < 4.78 is 19.7. The first kappa shape index (κ1) is 25.2. The number of aliphatic carboxylic acids is 1. The number of ether oxygens (including phenoxy) is 1. The van der Waals surface area contributed by atoms with E-state index in [0.29, 0.717) is 15.8 Å². The lowest BCUT2D eigenvalue weighted by Gasteiger charge is -2.36. The van der Waals surface area contributed by atoms with Crippen LogP contribution in [0.15, 0.2) is 40.1 Å². The maximum atomic E-state index is 13.6. The number of hydrogen-bond donors (Lipinski definition) is 1. The quantitative estimate of drug-likeness (QED) is 0.318. The summed E-state index contributed by atoms with van der Waals surface area (Å²) in [6, 6.07) is 7.25. The highest BCUT2D eigenvalue weighted by molar-refractivity contribution is 8.01. The monoisotopic (exact) mass is 522 g/mol. The van der Waals surface area contributed by atoms with Gasteiger partial charge in [-0.3, -0.25) is 9.78 Å². The average molecular weight is 523 g/mol. The molecule has 0 bridgehead atoms. The Bertz CT molecular complexity index is 1140. The number of halogens is 2. The van der Waals surface area contributed by atoms with Crippen molar-refractivity contribution >= 4 is 51.6 Å². The molecule has 1 fully saturated rings. The van der Waals surface area contributed by atoms with Gasteiger partial charge in [-0.1, -0.05) is 11.6 Å². The second-order valence-electron chi connectivity index (χ2n) is 8.56. The number of rotatable bonds is 10. The summed E-state index contributed by atoms with van der Waals surface area (Å²) in [6.45, 7) is 2.18. The molecular formula is C25H28ClFN2O3S2. The lowest BCUT2D eigenvalue weighted by atomic mass is 9.81. The molecule has 1 aliphatic rings. The van der Waals surface area contributed by atoms with Crippen LogP contribution in [-0.4, -0.2) is 53.5 Å². The molecular weight excluding hydrogens is 495 g/mol. The molecule has 34 heavy (non-hydrogen) atoms. The van der Waals surface area contributed by atoms with Gasteiger partial charge in [0.15, 0.2) is 0 Å². The third-order valence-corrected chi connectivity index (χ3v) is 9.01. The van der Waals surface area contributed by atoms with Crippen molar-refractivity contribution in [3.63, 3.8) is 0 Å². The van der Waals surface area contributed by atoms with Gasteiger partial charge in [-0.15, -0.1) is 23.1 Å². The predicted octanol–water partition coefficient (Wildman–Crippen LogP) is 6.24. The SMILES string of the molecule is COc1ccc2ncc(Cl)c(CCCC3CCN(CCSc4sccc4F)CC3C(=O)O)c2c1. The van der Waals surface area contributed by atoms with Crippen molar-refractivity contribution in [2.75, 3.05) is 32.5 Å². The van der Waals surface area contributed by atoms with E-state index in [1.165, 1.54) is 29.2 Å². The molecule has 3 heterocycles. The molecule has 0 radical (unpaired) electrons. The van der Waals surface area contributed by atoms with E-state index in [4.69, 9.17) is 16.3 Å². The van der Waals surface area contributed by atoms with Crippen LogP contribution < -0.4 is 4.74 Å². The summed E-state index contributed by atoms with van der Waals surface area (Å²) in [5.41, 5.74) is 1.91. The number of carboxylic acids is 1. The highest BCUT2D eigenvalue weighted by Crippen LogP contribution is 2.33. The number of thiophene rings is 1. The van der Waals surface area contributed by atoms with E-state index in [2.05, 4.69) is 9.88 Å². The van der Waals surface area contributed by atoms with Crippen LogP contribution in [-0.2, 0) is 11.2 Å². The fourth-order valence-electron chi connectivity index (χ4n) is 4.67. The number of piperidine rings is 1. The molecule has 4 rings (SSSR count). The maximum absolute atomic E-state index is 13.6. The van der Waals surface area contributed by atoms with Gasteiger partial charge in [0.1, 0.15) is 11.6 Å². The van der Waals surface area contributed by atoms with Crippen LogP contribution in [0.3, 0.4) is 0 Å². The first-order valence-corrected chi connectivity index (χ1v) is 13.6. The number of methoxy groups -OCH3 is 1. The van der Waals surface area contributed by atoms with Crippen molar-refractivity contribution in [1.29, 1.82) is 0 Å². The number of thioether (sulfide) groups is 1. The van der Waals surface area contributed by atoms with Gasteiger partial charge < -0.3 is 14.7 Å². The van der Waals surface area contributed by atoms with Crippen molar-refractivity contribution < 1.29 is 19.0 Å². The number of nitrogens with zero attached hydrogens (tertiary/aromatic N) is 2. The Labute approximate surface area is 212 Å². The van der Waals surface area contributed by atoms with Gasteiger partial charge in [0, 0.05) is 30.4 Å². The fourth-order valence-corrected chi connectivity index (χ4v) is 6.84. The summed E-state index contributed by atoms with van der Waals surface area (Å²) in [5, 5.41) is 13.2. The van der Waals surface area contributed by atoms with Crippen LogP contribution >= 0.6 is 34.7 Å². The molecule has 1 N–H and O–H groups in total. The average Bonchev–Trinajstić information content (AvgIpc) is 3.25. The van der Waals surface area contributed by atoms with E-state index in [9.17, 15) is 14.3 Å². The largest absolute Gasteiger partial charge is 0.497 e. The topological polar surface area (TPSA) is 62.7 Å². The molecule has 2 atom stereocenters. The maximum Gasteiger partial charge on any atom is 0.308 e. The summed E-state index contributed by atoms with van der Waals surface area (Å²) >= 11 is 9.39. The van der Waals surface area contributed by atoms with Crippen molar-refractivity contribution in [3.05, 3.63) is 52.2 Å². The van der Waals surface area contributed by atoms with Crippen LogP contribution in [0.5, 0.6) is 5.75 Å². The molecule has 0 spiro atoms. The Kier molecular flexibility index (Phi) is 8.69. The zero-order valence-electron chi connectivity index (χ0n) is 19.0. The summed E-state index contributed by atoms with van der Waals surface area (Å²) in [5.74, 6) is 0.364. The van der Waals surface area contributed by atoms with Crippen molar-refractivity contribution in [2.45, 2.75) is 29.9 Å². The van der Waals surface area contributed by atoms with Gasteiger partial charge in [-0.05, 0) is 73.4 Å². The number of hydrogen-bond acceptors (Lipinski definition) is 6. The zero-order valence-corrected chi connectivity index (χ0v) is 21.4. The predicted molar refractivity (Wildman–Crippen MR) is 137 cm³/mol. The summed E-state index contributed by atoms with van der Waals surface area (Å²) in [4.78, 5) is 18.6. The number of carboxylic acid groups (broad SMARTS) is 1.